The number of fused-ring (bicyclic) bond motifs is 4. The van der Waals surface area contributed by atoms with Crippen LogP contribution in [0.1, 0.15) is 50.1 Å². The summed E-state index contributed by atoms with van der Waals surface area (Å²) < 4.78 is 5.80. The van der Waals surface area contributed by atoms with Crippen LogP contribution in [0.4, 0.5) is 0 Å². The van der Waals surface area contributed by atoms with Gasteiger partial charge in [0.25, 0.3) is 0 Å². The Bertz CT molecular complexity index is 1350. The van der Waals surface area contributed by atoms with E-state index in [2.05, 4.69) is 6.58 Å². The van der Waals surface area contributed by atoms with Crippen LogP contribution >= 0.6 is 11.6 Å². The third kappa shape index (κ3) is 2.93. The second kappa shape index (κ2) is 7.16. The Morgan fingerprint density at radius 1 is 1.16 bits per heavy atom. The summed E-state index contributed by atoms with van der Waals surface area (Å²) in [5.74, 6) is -1.93. The molecule has 1 unspecified atom stereocenters. The van der Waals surface area contributed by atoms with E-state index in [4.69, 9.17) is 16.0 Å². The first kappa shape index (κ1) is 21.0. The van der Waals surface area contributed by atoms with Crippen LogP contribution in [0.3, 0.4) is 0 Å². The predicted octanol–water partition coefficient (Wildman–Crippen LogP) is 2.77. The highest BCUT2D eigenvalue weighted by atomic mass is 35.5. The fraction of sp³-hybridized carbons (Fsp3) is 0.174. The summed E-state index contributed by atoms with van der Waals surface area (Å²) >= 11 is 6.11. The molecular weight excluding hydrogens is 424 g/mol. The zero-order valence-corrected chi connectivity index (χ0v) is 17.1. The number of hydrogen-bond acceptors (Lipinski definition) is 7. The molecule has 0 saturated heterocycles. The lowest BCUT2D eigenvalue weighted by Crippen LogP contribution is -2.32. The van der Waals surface area contributed by atoms with Crippen LogP contribution in [0.15, 0.2) is 52.2 Å². The predicted molar refractivity (Wildman–Crippen MR) is 113 cm³/mol. The second-order valence-corrected chi connectivity index (χ2v) is 7.91. The van der Waals surface area contributed by atoms with Gasteiger partial charge >= 0.3 is 0 Å². The Kier molecular flexibility index (Phi) is 4.85. The van der Waals surface area contributed by atoms with E-state index in [1.807, 2.05) is 0 Å². The molecule has 1 heterocycles. The van der Waals surface area contributed by atoms with Crippen LogP contribution < -0.4 is 5.43 Å². The number of benzene rings is 2. The van der Waals surface area contributed by atoms with Crippen molar-refractivity contribution in [1.82, 2.24) is 0 Å². The van der Waals surface area contributed by atoms with Crippen molar-refractivity contribution in [2.24, 2.45) is 0 Å². The molecule has 158 valence electrons. The number of alkyl halides is 1. The molecule has 0 bridgehead atoms. The van der Waals surface area contributed by atoms with Gasteiger partial charge in [0.05, 0.1) is 28.5 Å². The number of hydrogen-bond donors (Lipinski definition) is 3. The van der Waals surface area contributed by atoms with Gasteiger partial charge in [-0.05, 0) is 24.6 Å². The summed E-state index contributed by atoms with van der Waals surface area (Å²) in [6.45, 7) is 4.24. The van der Waals surface area contributed by atoms with Crippen LogP contribution in [0.25, 0.3) is 11.0 Å². The molecule has 0 saturated carbocycles. The molecule has 0 fully saturated rings. The Morgan fingerprint density at radius 3 is 2.52 bits per heavy atom. The zero-order chi connectivity index (χ0) is 22.7. The molecule has 1 aliphatic carbocycles. The lowest BCUT2D eigenvalue weighted by atomic mass is 9.81. The largest absolute Gasteiger partial charge is 0.507 e. The van der Waals surface area contributed by atoms with E-state index >= 15 is 0 Å². The van der Waals surface area contributed by atoms with Crippen molar-refractivity contribution in [3.63, 3.8) is 0 Å². The van der Waals surface area contributed by atoms with E-state index in [1.54, 1.807) is 0 Å². The number of ketones is 2. The van der Waals surface area contributed by atoms with Crippen molar-refractivity contribution in [3.8, 4) is 5.75 Å². The van der Waals surface area contributed by atoms with E-state index in [9.17, 15) is 29.7 Å². The summed E-state index contributed by atoms with van der Waals surface area (Å²) in [5.41, 5.74) is -3.21. The van der Waals surface area contributed by atoms with Crippen molar-refractivity contribution in [2.45, 2.75) is 24.5 Å². The highest BCUT2D eigenvalue weighted by Gasteiger charge is 2.38. The maximum absolute atomic E-state index is 13.3. The summed E-state index contributed by atoms with van der Waals surface area (Å²) in [6.07, 6.45) is 1.26. The van der Waals surface area contributed by atoms with Gasteiger partial charge in [0.1, 0.15) is 17.1 Å². The van der Waals surface area contributed by atoms with Gasteiger partial charge in [-0.15, -0.1) is 18.2 Å². The van der Waals surface area contributed by atoms with Gasteiger partial charge in [-0.25, -0.2) is 0 Å². The van der Waals surface area contributed by atoms with Gasteiger partial charge in [-0.1, -0.05) is 18.2 Å². The minimum absolute atomic E-state index is 0.00119. The average Bonchev–Trinajstić information content (AvgIpc) is 2.75. The standard InChI is InChI=1S/C23H17ClO7/c1-3-15(24)23(2,30)16-8-14(27)17-10(9-25)7-12-19(22(17)31-16)21(29)18-11(20(12)28)5-4-6-13(18)26/h3-8,15,25-26,30H,1,9H2,2H3/t15?,23-/m1/s1. The van der Waals surface area contributed by atoms with E-state index in [1.165, 1.54) is 37.3 Å². The third-order valence-electron chi connectivity index (χ3n) is 5.48. The molecule has 2 aromatic carbocycles. The molecule has 3 N–H and O–H groups in total. The SMILES string of the molecule is C=CC(Cl)[C@@](C)(O)c1cc(=O)c2c(CO)cc3c(c2o1)C(=O)c1c(O)cccc1C3=O. The molecule has 1 aliphatic rings. The number of halogens is 1. The van der Waals surface area contributed by atoms with Gasteiger partial charge in [-0.3, -0.25) is 14.4 Å². The summed E-state index contributed by atoms with van der Waals surface area (Å²) in [4.78, 5) is 39.3. The lowest BCUT2D eigenvalue weighted by molar-refractivity contribution is 0.0409. The number of carbonyl (C=O) groups is 2. The van der Waals surface area contributed by atoms with Crippen LogP contribution in [-0.4, -0.2) is 32.3 Å². The quantitative estimate of drug-likeness (QED) is 0.329. The molecule has 0 aliphatic heterocycles. The van der Waals surface area contributed by atoms with Crippen molar-refractivity contribution in [2.75, 3.05) is 0 Å². The maximum Gasteiger partial charge on any atom is 0.202 e. The molecular formula is C23H17ClO7. The lowest BCUT2D eigenvalue weighted by Gasteiger charge is -2.26. The topological polar surface area (TPSA) is 125 Å². The first-order valence-corrected chi connectivity index (χ1v) is 9.72. The van der Waals surface area contributed by atoms with Crippen molar-refractivity contribution < 1.29 is 29.3 Å². The van der Waals surface area contributed by atoms with Gasteiger partial charge < -0.3 is 19.7 Å². The fourth-order valence-electron chi connectivity index (χ4n) is 3.80. The molecule has 0 amide bonds. The fourth-order valence-corrected chi connectivity index (χ4v) is 3.90. The minimum atomic E-state index is -1.86. The number of aliphatic hydroxyl groups excluding tert-OH is 1. The first-order chi connectivity index (χ1) is 14.6. The molecule has 2 atom stereocenters. The van der Waals surface area contributed by atoms with Gasteiger partial charge in [-0.2, -0.15) is 0 Å². The van der Waals surface area contributed by atoms with E-state index in [-0.39, 0.29) is 50.3 Å². The summed E-state index contributed by atoms with van der Waals surface area (Å²) in [7, 11) is 0. The summed E-state index contributed by atoms with van der Waals surface area (Å²) in [5, 5.41) is 29.7. The monoisotopic (exact) mass is 440 g/mol. The molecule has 0 radical (unpaired) electrons. The Labute approximate surface area is 180 Å². The molecule has 7 nitrogen and oxygen atoms in total. The van der Waals surface area contributed by atoms with Crippen molar-refractivity contribution in [3.05, 3.63) is 86.8 Å². The van der Waals surface area contributed by atoms with Crippen LogP contribution in [-0.2, 0) is 12.2 Å². The molecule has 31 heavy (non-hydrogen) atoms. The second-order valence-electron chi connectivity index (χ2n) is 7.44. The van der Waals surface area contributed by atoms with Crippen molar-refractivity contribution >= 4 is 34.1 Å². The molecule has 1 aromatic heterocycles. The van der Waals surface area contributed by atoms with Gasteiger partial charge in [0.2, 0.25) is 5.78 Å². The normalized spacial score (nSPS) is 15.9. The van der Waals surface area contributed by atoms with Crippen LogP contribution in [0.2, 0.25) is 0 Å². The molecule has 0 spiro atoms. The molecule has 3 aromatic rings. The van der Waals surface area contributed by atoms with Crippen LogP contribution in [0, 0.1) is 0 Å². The summed E-state index contributed by atoms with van der Waals surface area (Å²) in [6, 6.07) is 6.40. The number of rotatable bonds is 4. The van der Waals surface area contributed by atoms with E-state index in [0.717, 1.165) is 6.07 Å². The van der Waals surface area contributed by atoms with Crippen LogP contribution in [0.5, 0.6) is 5.75 Å². The smallest absolute Gasteiger partial charge is 0.202 e. The Morgan fingerprint density at radius 2 is 1.87 bits per heavy atom. The number of phenols is 1. The Hall–Kier alpha value is -3.26. The first-order valence-electron chi connectivity index (χ1n) is 9.28. The van der Waals surface area contributed by atoms with Gasteiger partial charge in [0.15, 0.2) is 16.8 Å². The number of carbonyl (C=O) groups excluding carboxylic acids is 2. The zero-order valence-electron chi connectivity index (χ0n) is 16.3. The molecule has 8 heteroatoms. The molecule has 4 rings (SSSR count). The minimum Gasteiger partial charge on any atom is -0.507 e. The third-order valence-corrected chi connectivity index (χ3v) is 6.09. The van der Waals surface area contributed by atoms with E-state index in [0.29, 0.717) is 0 Å². The average molecular weight is 441 g/mol. The van der Waals surface area contributed by atoms with Crippen molar-refractivity contribution in [1.29, 1.82) is 0 Å². The number of phenolic OH excluding ortho intramolecular Hbond substituents is 1. The number of aliphatic hydroxyl groups is 2. The highest BCUT2D eigenvalue weighted by Crippen LogP contribution is 2.38. The maximum atomic E-state index is 13.3. The Balaban J connectivity index is 2.15. The highest BCUT2D eigenvalue weighted by molar-refractivity contribution is 6.32. The number of aromatic hydroxyl groups is 1. The van der Waals surface area contributed by atoms with E-state index < -0.39 is 34.6 Å². The van der Waals surface area contributed by atoms with Gasteiger partial charge in [0, 0.05) is 17.2 Å².